The van der Waals surface area contributed by atoms with Gasteiger partial charge in [0, 0.05) is 5.69 Å². The van der Waals surface area contributed by atoms with Gasteiger partial charge < -0.3 is 24.2 Å². The lowest BCUT2D eigenvalue weighted by Gasteiger charge is -2.38. The summed E-state index contributed by atoms with van der Waals surface area (Å²) in [7, 11) is 1.61. The molecule has 0 fully saturated rings. The lowest BCUT2D eigenvalue weighted by molar-refractivity contribution is -0.118. The van der Waals surface area contributed by atoms with Crippen LogP contribution in [-0.4, -0.2) is 37.3 Å². The van der Waals surface area contributed by atoms with Crippen LogP contribution in [0.2, 0.25) is 0 Å². The molecule has 0 saturated heterocycles. The maximum absolute atomic E-state index is 13.5. The summed E-state index contributed by atoms with van der Waals surface area (Å²) in [5, 5.41) is 9.28. The Morgan fingerprint density at radius 2 is 1.59 bits per heavy atom. The van der Waals surface area contributed by atoms with Crippen molar-refractivity contribution in [1.29, 1.82) is 0 Å². The summed E-state index contributed by atoms with van der Waals surface area (Å²) in [6.07, 6.45) is 0.190. The average molecular weight is 462 g/mol. The molecule has 176 valence electrons. The van der Waals surface area contributed by atoms with Gasteiger partial charge in [0.15, 0.2) is 11.5 Å². The summed E-state index contributed by atoms with van der Waals surface area (Å²) in [5.41, 5.74) is 3.47. The number of carbonyl (C=O) groups excluding carboxylic acids is 1. The van der Waals surface area contributed by atoms with Crippen molar-refractivity contribution >= 4 is 17.6 Å². The molecule has 3 aromatic carbocycles. The molecular formula is C27H27NO6. The highest BCUT2D eigenvalue weighted by atomic mass is 16.5. The number of amides is 1. The highest BCUT2D eigenvalue weighted by Crippen LogP contribution is 2.43. The van der Waals surface area contributed by atoms with Crippen molar-refractivity contribution in [3.8, 4) is 17.2 Å². The Labute approximate surface area is 198 Å². The smallest absolute Gasteiger partial charge is 0.335 e. The summed E-state index contributed by atoms with van der Waals surface area (Å²) in [6, 6.07) is 17.3. The molecule has 0 aliphatic carbocycles. The number of nitrogens with zero attached hydrogens (tertiary/aromatic N) is 1. The first-order chi connectivity index (χ1) is 16.5. The third kappa shape index (κ3) is 4.41. The van der Waals surface area contributed by atoms with Crippen molar-refractivity contribution in [3.05, 3.63) is 82.9 Å². The topological polar surface area (TPSA) is 85.3 Å². The molecule has 7 heteroatoms. The quantitative estimate of drug-likeness (QED) is 0.515. The predicted octanol–water partition coefficient (Wildman–Crippen LogP) is 4.87. The maximum Gasteiger partial charge on any atom is 0.335 e. The third-order valence-corrected chi connectivity index (χ3v) is 5.79. The first kappa shape index (κ1) is 23.2. The van der Waals surface area contributed by atoms with Crippen LogP contribution in [0.25, 0.3) is 0 Å². The van der Waals surface area contributed by atoms with E-state index in [4.69, 9.17) is 14.2 Å². The van der Waals surface area contributed by atoms with Crippen LogP contribution in [0, 0.1) is 0 Å². The minimum absolute atomic E-state index is 0.0944. The number of benzene rings is 3. The Morgan fingerprint density at radius 1 is 0.971 bits per heavy atom. The summed E-state index contributed by atoms with van der Waals surface area (Å²) in [6.45, 7) is 4.78. The van der Waals surface area contributed by atoms with Crippen LogP contribution in [0.5, 0.6) is 17.2 Å². The fourth-order valence-corrected chi connectivity index (χ4v) is 4.27. The van der Waals surface area contributed by atoms with Gasteiger partial charge in [-0.1, -0.05) is 12.1 Å². The van der Waals surface area contributed by atoms with Crippen LogP contribution in [0.1, 0.15) is 46.9 Å². The molecule has 0 aromatic heterocycles. The molecule has 34 heavy (non-hydrogen) atoms. The van der Waals surface area contributed by atoms with Gasteiger partial charge in [-0.15, -0.1) is 0 Å². The van der Waals surface area contributed by atoms with Gasteiger partial charge in [0.05, 0.1) is 38.3 Å². The van der Waals surface area contributed by atoms with Crippen molar-refractivity contribution in [3.63, 3.8) is 0 Å². The zero-order valence-corrected chi connectivity index (χ0v) is 19.4. The van der Waals surface area contributed by atoms with Crippen LogP contribution in [0.3, 0.4) is 0 Å². The molecule has 0 saturated carbocycles. The average Bonchev–Trinajstić information content (AvgIpc) is 2.84. The molecule has 7 nitrogen and oxygen atoms in total. The summed E-state index contributed by atoms with van der Waals surface area (Å²) < 4.78 is 17.0. The number of methoxy groups -OCH3 is 1. The number of carbonyl (C=O) groups is 2. The van der Waals surface area contributed by atoms with E-state index < -0.39 is 12.0 Å². The van der Waals surface area contributed by atoms with E-state index in [1.54, 1.807) is 24.1 Å². The zero-order chi connectivity index (χ0) is 24.2. The van der Waals surface area contributed by atoms with Crippen LogP contribution < -0.4 is 19.1 Å². The van der Waals surface area contributed by atoms with E-state index in [1.165, 1.54) is 12.1 Å². The van der Waals surface area contributed by atoms with E-state index in [0.717, 1.165) is 16.7 Å². The fraction of sp³-hybridized carbons (Fsp3) is 0.259. The predicted molar refractivity (Wildman–Crippen MR) is 128 cm³/mol. The minimum Gasteiger partial charge on any atom is -0.497 e. The van der Waals surface area contributed by atoms with Gasteiger partial charge in [0.1, 0.15) is 5.75 Å². The Hall–Kier alpha value is -4.00. The van der Waals surface area contributed by atoms with E-state index in [1.807, 2.05) is 50.2 Å². The van der Waals surface area contributed by atoms with E-state index >= 15 is 0 Å². The molecule has 1 atom stereocenters. The number of carboxylic acids is 1. The zero-order valence-electron chi connectivity index (χ0n) is 19.4. The number of hydrogen-bond donors (Lipinski definition) is 1. The molecule has 3 aromatic rings. The SMILES string of the molecule is CCOc1cc2c(cc1OCC)[C@@H](c1ccc(OC)cc1)N(c1ccc(C(=O)O)cc1)C(=O)C2. The van der Waals surface area contributed by atoms with Crippen LogP contribution in [0.4, 0.5) is 5.69 Å². The molecule has 1 aliphatic heterocycles. The monoisotopic (exact) mass is 461 g/mol. The number of carboxylic acid groups (broad SMARTS) is 1. The molecule has 0 radical (unpaired) electrons. The van der Waals surface area contributed by atoms with E-state index in [9.17, 15) is 14.7 Å². The van der Waals surface area contributed by atoms with E-state index in [0.29, 0.717) is 36.1 Å². The van der Waals surface area contributed by atoms with E-state index in [-0.39, 0.29) is 17.9 Å². The number of rotatable bonds is 8. The van der Waals surface area contributed by atoms with E-state index in [2.05, 4.69) is 0 Å². The lowest BCUT2D eigenvalue weighted by atomic mass is 9.86. The van der Waals surface area contributed by atoms with Gasteiger partial charge in [0.2, 0.25) is 5.91 Å². The van der Waals surface area contributed by atoms with Crippen molar-refractivity contribution in [2.45, 2.75) is 26.3 Å². The van der Waals surface area contributed by atoms with Gasteiger partial charge in [0.25, 0.3) is 0 Å². The van der Waals surface area contributed by atoms with Gasteiger partial charge in [-0.2, -0.15) is 0 Å². The second-order valence-electron chi connectivity index (χ2n) is 7.83. The summed E-state index contributed by atoms with van der Waals surface area (Å²) >= 11 is 0. The Kier molecular flexibility index (Phi) is 6.72. The minimum atomic E-state index is -1.02. The molecule has 4 rings (SSSR count). The largest absolute Gasteiger partial charge is 0.497 e. The molecule has 0 unspecified atom stereocenters. The molecule has 1 aliphatic rings. The summed E-state index contributed by atoms with van der Waals surface area (Å²) in [4.78, 5) is 26.5. The van der Waals surface area contributed by atoms with Gasteiger partial charge in [-0.3, -0.25) is 4.79 Å². The number of fused-ring (bicyclic) bond motifs is 1. The third-order valence-electron chi connectivity index (χ3n) is 5.79. The molecular weight excluding hydrogens is 434 g/mol. The molecule has 0 spiro atoms. The Morgan fingerprint density at radius 3 is 2.15 bits per heavy atom. The number of anilines is 1. The Bertz CT molecular complexity index is 1190. The second kappa shape index (κ2) is 9.87. The number of hydrogen-bond acceptors (Lipinski definition) is 5. The highest BCUT2D eigenvalue weighted by Gasteiger charge is 2.36. The molecule has 1 heterocycles. The first-order valence-corrected chi connectivity index (χ1v) is 11.2. The van der Waals surface area contributed by atoms with Crippen LogP contribution in [0.15, 0.2) is 60.7 Å². The van der Waals surface area contributed by atoms with Crippen molar-refractivity contribution in [2.24, 2.45) is 0 Å². The Balaban J connectivity index is 1.89. The molecule has 1 N–H and O–H groups in total. The van der Waals surface area contributed by atoms with Gasteiger partial charge in [-0.05, 0) is 79.1 Å². The molecule has 0 bridgehead atoms. The van der Waals surface area contributed by atoms with Crippen molar-refractivity contribution < 1.29 is 28.9 Å². The van der Waals surface area contributed by atoms with Crippen LogP contribution in [-0.2, 0) is 11.2 Å². The normalized spacial score (nSPS) is 15.0. The standard InChI is InChI=1S/C27H27NO6/c1-4-33-23-14-19-15-25(29)28(20-10-6-18(7-11-20)27(30)31)26(22(19)16-24(23)34-5-2)17-8-12-21(32-3)13-9-17/h6-14,16,26H,4-5,15H2,1-3H3,(H,30,31)/t26-/m1/s1. The van der Waals surface area contributed by atoms with Gasteiger partial charge >= 0.3 is 5.97 Å². The van der Waals surface area contributed by atoms with Gasteiger partial charge in [-0.25, -0.2) is 4.79 Å². The van der Waals surface area contributed by atoms with Crippen LogP contribution >= 0.6 is 0 Å². The first-order valence-electron chi connectivity index (χ1n) is 11.2. The number of aromatic carboxylic acids is 1. The molecule has 1 amide bonds. The maximum atomic E-state index is 13.5. The lowest BCUT2D eigenvalue weighted by Crippen LogP contribution is -2.41. The highest BCUT2D eigenvalue weighted by molar-refractivity contribution is 5.99. The number of ether oxygens (including phenoxy) is 3. The van der Waals surface area contributed by atoms with Crippen molar-refractivity contribution in [2.75, 3.05) is 25.2 Å². The summed E-state index contributed by atoms with van der Waals surface area (Å²) in [5.74, 6) is 0.840. The van der Waals surface area contributed by atoms with Crippen molar-refractivity contribution in [1.82, 2.24) is 0 Å². The fourth-order valence-electron chi connectivity index (χ4n) is 4.27. The second-order valence-corrected chi connectivity index (χ2v) is 7.83.